The first-order valence-electron chi connectivity index (χ1n) is 6.28. The molecule has 2 atom stereocenters. The molecular formula is C12H18N4O3. The van der Waals surface area contributed by atoms with E-state index in [1.165, 1.54) is 12.1 Å². The first kappa shape index (κ1) is 13.5. The second-order valence-corrected chi connectivity index (χ2v) is 4.81. The molecule has 1 aromatic rings. The third-order valence-electron chi connectivity index (χ3n) is 3.49. The number of nitrogens with zero attached hydrogens (tertiary/aromatic N) is 3. The van der Waals surface area contributed by atoms with E-state index >= 15 is 0 Å². The summed E-state index contributed by atoms with van der Waals surface area (Å²) < 4.78 is 0. The predicted octanol–water partition coefficient (Wildman–Crippen LogP) is 1.24. The molecule has 0 spiro atoms. The van der Waals surface area contributed by atoms with Crippen LogP contribution in [-0.4, -0.2) is 41.3 Å². The van der Waals surface area contributed by atoms with Crippen LogP contribution in [0.25, 0.3) is 0 Å². The summed E-state index contributed by atoms with van der Waals surface area (Å²) in [5, 5.41) is 23.3. The molecule has 7 heteroatoms. The van der Waals surface area contributed by atoms with E-state index in [0.29, 0.717) is 18.2 Å². The molecular weight excluding hydrogens is 248 g/mol. The van der Waals surface area contributed by atoms with Crippen molar-refractivity contribution < 1.29 is 10.0 Å². The highest BCUT2D eigenvalue weighted by molar-refractivity contribution is 5.56. The standard InChI is InChI=1S/C12H18N4O3/c1-8(17)9-3-4-15(7-9)12-6-10(16(18)19)5-11(13-2)14-12/h5-6,8-9,17H,3-4,7H2,1-2H3,(H,13,14). The Morgan fingerprint density at radius 3 is 2.89 bits per heavy atom. The maximum atomic E-state index is 10.9. The van der Waals surface area contributed by atoms with Crippen LogP contribution in [0.1, 0.15) is 13.3 Å². The molecule has 1 aromatic heterocycles. The Balaban J connectivity index is 2.25. The molecule has 1 aliphatic rings. The molecule has 7 nitrogen and oxygen atoms in total. The fraction of sp³-hybridized carbons (Fsp3) is 0.583. The van der Waals surface area contributed by atoms with Gasteiger partial charge in [-0.2, -0.15) is 0 Å². The zero-order chi connectivity index (χ0) is 14.0. The van der Waals surface area contributed by atoms with Crippen molar-refractivity contribution in [3.05, 3.63) is 22.2 Å². The summed E-state index contributed by atoms with van der Waals surface area (Å²) in [6.07, 6.45) is 0.504. The minimum Gasteiger partial charge on any atom is -0.393 e. The van der Waals surface area contributed by atoms with Crippen molar-refractivity contribution in [2.75, 3.05) is 30.4 Å². The van der Waals surface area contributed by atoms with E-state index in [9.17, 15) is 15.2 Å². The minimum atomic E-state index is -0.422. The molecule has 2 heterocycles. The van der Waals surface area contributed by atoms with E-state index in [0.717, 1.165) is 13.0 Å². The van der Waals surface area contributed by atoms with Crippen LogP contribution in [0.5, 0.6) is 0 Å². The fourth-order valence-electron chi connectivity index (χ4n) is 2.29. The lowest BCUT2D eigenvalue weighted by atomic mass is 10.0. The largest absolute Gasteiger partial charge is 0.393 e. The Hall–Kier alpha value is -1.89. The van der Waals surface area contributed by atoms with E-state index in [4.69, 9.17) is 0 Å². The Morgan fingerprint density at radius 1 is 1.63 bits per heavy atom. The van der Waals surface area contributed by atoms with Crippen LogP contribution >= 0.6 is 0 Å². The van der Waals surface area contributed by atoms with Gasteiger partial charge in [0.15, 0.2) is 0 Å². The summed E-state index contributed by atoms with van der Waals surface area (Å²) in [5.74, 6) is 1.26. The summed E-state index contributed by atoms with van der Waals surface area (Å²) in [7, 11) is 1.68. The highest BCUT2D eigenvalue weighted by Crippen LogP contribution is 2.28. The van der Waals surface area contributed by atoms with Crippen molar-refractivity contribution in [3.63, 3.8) is 0 Å². The number of aliphatic hydroxyl groups excluding tert-OH is 1. The molecule has 2 unspecified atom stereocenters. The van der Waals surface area contributed by atoms with E-state index in [-0.39, 0.29) is 17.7 Å². The van der Waals surface area contributed by atoms with Gasteiger partial charge in [-0.05, 0) is 13.3 Å². The number of nitro groups is 1. The number of nitrogens with one attached hydrogen (secondary N) is 1. The third-order valence-corrected chi connectivity index (χ3v) is 3.49. The highest BCUT2D eigenvalue weighted by Gasteiger charge is 2.28. The van der Waals surface area contributed by atoms with Gasteiger partial charge in [0, 0.05) is 26.1 Å². The molecule has 0 radical (unpaired) electrons. The third kappa shape index (κ3) is 2.93. The quantitative estimate of drug-likeness (QED) is 0.629. The smallest absolute Gasteiger partial charge is 0.276 e. The maximum Gasteiger partial charge on any atom is 0.276 e. The topological polar surface area (TPSA) is 91.5 Å². The normalized spacial score (nSPS) is 20.4. The van der Waals surface area contributed by atoms with Crippen molar-refractivity contribution >= 4 is 17.3 Å². The number of aromatic nitrogens is 1. The molecule has 0 amide bonds. The van der Waals surface area contributed by atoms with Crippen molar-refractivity contribution in [1.29, 1.82) is 0 Å². The Kier molecular flexibility index (Phi) is 3.84. The van der Waals surface area contributed by atoms with Gasteiger partial charge in [-0.1, -0.05) is 0 Å². The molecule has 1 saturated heterocycles. The molecule has 1 aliphatic heterocycles. The molecule has 104 valence electrons. The van der Waals surface area contributed by atoms with Crippen LogP contribution in [0.2, 0.25) is 0 Å². The van der Waals surface area contributed by atoms with Gasteiger partial charge in [0.2, 0.25) is 0 Å². The lowest BCUT2D eigenvalue weighted by Crippen LogP contribution is -2.24. The van der Waals surface area contributed by atoms with Gasteiger partial charge in [0.25, 0.3) is 5.69 Å². The van der Waals surface area contributed by atoms with E-state index in [1.54, 1.807) is 14.0 Å². The average molecular weight is 266 g/mol. The molecule has 0 bridgehead atoms. The van der Waals surface area contributed by atoms with Crippen LogP contribution in [0.4, 0.5) is 17.3 Å². The number of aliphatic hydroxyl groups is 1. The van der Waals surface area contributed by atoms with Crippen molar-refractivity contribution in [1.82, 2.24) is 4.98 Å². The molecule has 1 fully saturated rings. The first-order valence-corrected chi connectivity index (χ1v) is 6.28. The zero-order valence-corrected chi connectivity index (χ0v) is 11.0. The van der Waals surface area contributed by atoms with Crippen LogP contribution in [0, 0.1) is 16.0 Å². The van der Waals surface area contributed by atoms with Crippen LogP contribution in [-0.2, 0) is 0 Å². The SMILES string of the molecule is CNc1cc([N+](=O)[O-])cc(N2CCC(C(C)O)C2)n1. The van der Waals surface area contributed by atoms with Gasteiger partial charge < -0.3 is 15.3 Å². The van der Waals surface area contributed by atoms with E-state index < -0.39 is 4.92 Å². The maximum absolute atomic E-state index is 10.9. The molecule has 0 aromatic carbocycles. The molecule has 0 saturated carbocycles. The predicted molar refractivity (Wildman–Crippen MR) is 72.4 cm³/mol. The van der Waals surface area contributed by atoms with Gasteiger partial charge in [-0.3, -0.25) is 10.1 Å². The summed E-state index contributed by atoms with van der Waals surface area (Å²) in [6.45, 7) is 3.20. The first-order chi connectivity index (χ1) is 9.01. The second-order valence-electron chi connectivity index (χ2n) is 4.81. The van der Waals surface area contributed by atoms with Gasteiger partial charge in [0.05, 0.1) is 23.2 Å². The van der Waals surface area contributed by atoms with Gasteiger partial charge >= 0.3 is 0 Å². The summed E-state index contributed by atoms with van der Waals surface area (Å²) in [6, 6.07) is 2.89. The minimum absolute atomic E-state index is 0.0230. The summed E-state index contributed by atoms with van der Waals surface area (Å²) >= 11 is 0. The Labute approximate surface area is 111 Å². The molecule has 19 heavy (non-hydrogen) atoms. The van der Waals surface area contributed by atoms with Gasteiger partial charge in [-0.15, -0.1) is 0 Å². The zero-order valence-electron chi connectivity index (χ0n) is 11.0. The Bertz CT molecular complexity index is 478. The summed E-state index contributed by atoms with van der Waals surface area (Å²) in [4.78, 5) is 16.8. The van der Waals surface area contributed by atoms with Crippen molar-refractivity contribution in [2.24, 2.45) is 5.92 Å². The van der Waals surface area contributed by atoms with Crippen molar-refractivity contribution in [3.8, 4) is 0 Å². The number of hydrogen-bond donors (Lipinski definition) is 2. The number of anilines is 2. The second kappa shape index (κ2) is 5.40. The van der Waals surface area contributed by atoms with Crippen LogP contribution in [0.15, 0.2) is 12.1 Å². The lowest BCUT2D eigenvalue weighted by Gasteiger charge is -2.19. The number of pyridine rings is 1. The van der Waals surface area contributed by atoms with Crippen molar-refractivity contribution in [2.45, 2.75) is 19.4 Å². The van der Waals surface area contributed by atoms with Crippen LogP contribution in [0.3, 0.4) is 0 Å². The molecule has 2 rings (SSSR count). The highest BCUT2D eigenvalue weighted by atomic mass is 16.6. The Morgan fingerprint density at radius 2 is 2.37 bits per heavy atom. The van der Waals surface area contributed by atoms with Gasteiger partial charge in [0.1, 0.15) is 11.6 Å². The van der Waals surface area contributed by atoms with Crippen LogP contribution < -0.4 is 10.2 Å². The van der Waals surface area contributed by atoms with Gasteiger partial charge in [-0.25, -0.2) is 4.98 Å². The molecule has 2 N–H and O–H groups in total. The fourth-order valence-corrected chi connectivity index (χ4v) is 2.29. The van der Waals surface area contributed by atoms with E-state index in [2.05, 4.69) is 10.3 Å². The average Bonchev–Trinajstić information content (AvgIpc) is 2.87. The van der Waals surface area contributed by atoms with E-state index in [1.807, 2.05) is 4.90 Å². The number of hydrogen-bond acceptors (Lipinski definition) is 6. The number of rotatable bonds is 4. The monoisotopic (exact) mass is 266 g/mol. The lowest BCUT2D eigenvalue weighted by molar-refractivity contribution is -0.384. The molecule has 0 aliphatic carbocycles. The summed E-state index contributed by atoms with van der Waals surface area (Å²) in [5.41, 5.74) is 0.0230.